The number of hydrogen-bond acceptors (Lipinski definition) is 4. The number of nitrogens with one attached hydrogen (secondary N) is 1. The van der Waals surface area contributed by atoms with Gasteiger partial charge in [0.2, 0.25) is 0 Å². The average Bonchev–Trinajstić information content (AvgIpc) is 2.09. The zero-order valence-corrected chi connectivity index (χ0v) is 8.12. The summed E-state index contributed by atoms with van der Waals surface area (Å²) in [6.07, 6.45) is 4.01. The van der Waals surface area contributed by atoms with Gasteiger partial charge in [0.15, 0.2) is 0 Å². The summed E-state index contributed by atoms with van der Waals surface area (Å²) in [5.41, 5.74) is 0. The van der Waals surface area contributed by atoms with E-state index in [1.165, 1.54) is 0 Å². The van der Waals surface area contributed by atoms with Gasteiger partial charge < -0.3 is 10.2 Å². The fraction of sp³-hybridized carbons (Fsp3) is 1.00. The molecule has 0 fully saturated rings. The highest BCUT2D eigenvalue weighted by molar-refractivity contribution is 4.46. The van der Waals surface area contributed by atoms with Gasteiger partial charge in [0.05, 0.1) is 6.61 Å². The van der Waals surface area contributed by atoms with Crippen LogP contribution in [0.2, 0.25) is 0 Å². The molecule has 0 radical (unpaired) electrons. The van der Waals surface area contributed by atoms with Crippen LogP contribution in [0.5, 0.6) is 0 Å². The van der Waals surface area contributed by atoms with E-state index in [1.807, 2.05) is 0 Å². The number of nitrogens with zero attached hydrogens (tertiary/aromatic N) is 1. The standard InChI is InChI=1S/C8H18N2O3/c1-2-9-7-5-3-4-6-8-13-10(11)12/h9H,2-8H2,1H3. The lowest BCUT2D eigenvalue weighted by molar-refractivity contribution is -0.757. The van der Waals surface area contributed by atoms with E-state index in [4.69, 9.17) is 0 Å². The first-order valence-corrected chi connectivity index (χ1v) is 4.75. The lowest BCUT2D eigenvalue weighted by Crippen LogP contribution is -2.13. The zero-order chi connectivity index (χ0) is 9.94. The molecule has 5 nitrogen and oxygen atoms in total. The van der Waals surface area contributed by atoms with Crippen LogP contribution in [0.25, 0.3) is 0 Å². The lowest BCUT2D eigenvalue weighted by atomic mass is 10.2. The summed E-state index contributed by atoms with van der Waals surface area (Å²) in [5.74, 6) is 0. The van der Waals surface area contributed by atoms with Gasteiger partial charge >= 0.3 is 0 Å². The molecule has 0 aliphatic rings. The van der Waals surface area contributed by atoms with Gasteiger partial charge in [-0.3, -0.25) is 0 Å². The Labute approximate surface area is 78.6 Å². The van der Waals surface area contributed by atoms with E-state index >= 15 is 0 Å². The molecule has 0 aromatic heterocycles. The fourth-order valence-corrected chi connectivity index (χ4v) is 1.02. The van der Waals surface area contributed by atoms with Crippen LogP contribution in [0, 0.1) is 10.1 Å². The Bertz CT molecular complexity index is 131. The first-order valence-electron chi connectivity index (χ1n) is 4.75. The summed E-state index contributed by atoms with van der Waals surface area (Å²) in [4.78, 5) is 13.9. The molecule has 5 heteroatoms. The second kappa shape index (κ2) is 9.25. The Morgan fingerprint density at radius 2 is 2.00 bits per heavy atom. The second-order valence-corrected chi connectivity index (χ2v) is 2.82. The Balaban J connectivity index is 2.87. The Hall–Kier alpha value is -0.840. The van der Waals surface area contributed by atoms with Gasteiger partial charge in [-0.1, -0.05) is 19.8 Å². The first-order chi connectivity index (χ1) is 6.27. The van der Waals surface area contributed by atoms with Crippen molar-refractivity contribution in [1.82, 2.24) is 5.32 Å². The van der Waals surface area contributed by atoms with Crippen LogP contribution >= 0.6 is 0 Å². The van der Waals surface area contributed by atoms with Crippen molar-refractivity contribution in [3.63, 3.8) is 0 Å². The molecule has 0 heterocycles. The molecule has 0 spiro atoms. The van der Waals surface area contributed by atoms with Crippen molar-refractivity contribution in [3.05, 3.63) is 10.1 Å². The number of hydrogen-bond donors (Lipinski definition) is 1. The molecule has 78 valence electrons. The largest absolute Gasteiger partial charge is 0.317 e. The van der Waals surface area contributed by atoms with Crippen molar-refractivity contribution in [2.75, 3.05) is 19.7 Å². The van der Waals surface area contributed by atoms with Gasteiger partial charge in [-0.2, -0.15) is 0 Å². The molecule has 0 amide bonds. The molecule has 0 bridgehead atoms. The van der Waals surface area contributed by atoms with Crippen LogP contribution in [-0.4, -0.2) is 24.8 Å². The highest BCUT2D eigenvalue weighted by Crippen LogP contribution is 1.98. The summed E-state index contributed by atoms with van der Waals surface area (Å²) in [5, 5.41) is 12.2. The van der Waals surface area contributed by atoms with Crippen molar-refractivity contribution >= 4 is 0 Å². The molecule has 0 unspecified atom stereocenters. The maximum atomic E-state index is 9.75. The van der Waals surface area contributed by atoms with Gasteiger partial charge in [-0.15, -0.1) is 10.1 Å². The predicted octanol–water partition coefficient (Wildman–Crippen LogP) is 1.36. The Morgan fingerprint density at radius 3 is 2.62 bits per heavy atom. The molecule has 0 aromatic rings. The molecule has 0 rings (SSSR count). The second-order valence-electron chi connectivity index (χ2n) is 2.82. The van der Waals surface area contributed by atoms with E-state index < -0.39 is 5.09 Å². The molecule has 13 heavy (non-hydrogen) atoms. The van der Waals surface area contributed by atoms with Crippen molar-refractivity contribution < 1.29 is 9.92 Å². The van der Waals surface area contributed by atoms with Crippen LogP contribution in [0.3, 0.4) is 0 Å². The van der Waals surface area contributed by atoms with E-state index in [0.29, 0.717) is 0 Å². The minimum absolute atomic E-state index is 0.230. The first kappa shape index (κ1) is 12.2. The van der Waals surface area contributed by atoms with Gasteiger partial charge in [-0.05, 0) is 25.9 Å². The Kier molecular flexibility index (Phi) is 8.65. The molecule has 0 aliphatic heterocycles. The SMILES string of the molecule is CCNCCCCCCO[N+](=O)[O-]. The summed E-state index contributed by atoms with van der Waals surface area (Å²) in [6.45, 7) is 4.34. The van der Waals surface area contributed by atoms with Crippen LogP contribution < -0.4 is 5.32 Å². The van der Waals surface area contributed by atoms with Gasteiger partial charge in [0.25, 0.3) is 5.09 Å². The molecular formula is C8H18N2O3. The third-order valence-corrected chi connectivity index (χ3v) is 1.69. The van der Waals surface area contributed by atoms with Crippen LogP contribution in [0.4, 0.5) is 0 Å². The molecule has 0 aromatic carbocycles. The van der Waals surface area contributed by atoms with Crippen LogP contribution in [0.1, 0.15) is 32.6 Å². The van der Waals surface area contributed by atoms with E-state index in [9.17, 15) is 10.1 Å². The highest BCUT2D eigenvalue weighted by Gasteiger charge is 1.94. The van der Waals surface area contributed by atoms with Gasteiger partial charge in [-0.25, -0.2) is 0 Å². The van der Waals surface area contributed by atoms with Crippen molar-refractivity contribution in [2.45, 2.75) is 32.6 Å². The summed E-state index contributed by atoms with van der Waals surface area (Å²) in [7, 11) is 0. The van der Waals surface area contributed by atoms with Crippen molar-refractivity contribution in [3.8, 4) is 0 Å². The zero-order valence-electron chi connectivity index (χ0n) is 8.12. The minimum atomic E-state index is -0.737. The maximum absolute atomic E-state index is 9.75. The molecule has 1 N–H and O–H groups in total. The summed E-state index contributed by atoms with van der Waals surface area (Å²) >= 11 is 0. The predicted molar refractivity (Wildman–Crippen MR) is 50.0 cm³/mol. The normalized spacial score (nSPS) is 9.92. The highest BCUT2D eigenvalue weighted by atomic mass is 16.9. The third kappa shape index (κ3) is 11.2. The van der Waals surface area contributed by atoms with E-state index in [0.717, 1.165) is 38.8 Å². The molecule has 0 saturated carbocycles. The average molecular weight is 190 g/mol. The lowest BCUT2D eigenvalue weighted by Gasteiger charge is -2.01. The van der Waals surface area contributed by atoms with E-state index in [-0.39, 0.29) is 6.61 Å². The number of rotatable bonds is 9. The maximum Gasteiger partial charge on any atom is 0.294 e. The van der Waals surface area contributed by atoms with Crippen LogP contribution in [0.15, 0.2) is 0 Å². The summed E-state index contributed by atoms with van der Waals surface area (Å²) in [6, 6.07) is 0. The monoisotopic (exact) mass is 190 g/mol. The molecule has 0 atom stereocenters. The van der Waals surface area contributed by atoms with E-state index in [2.05, 4.69) is 17.1 Å². The molecule has 0 saturated heterocycles. The smallest absolute Gasteiger partial charge is 0.294 e. The number of unbranched alkanes of at least 4 members (excludes halogenated alkanes) is 3. The minimum Gasteiger partial charge on any atom is -0.317 e. The van der Waals surface area contributed by atoms with Crippen molar-refractivity contribution in [1.29, 1.82) is 0 Å². The van der Waals surface area contributed by atoms with Gasteiger partial charge in [0.1, 0.15) is 0 Å². The Morgan fingerprint density at radius 1 is 1.31 bits per heavy atom. The van der Waals surface area contributed by atoms with Crippen molar-refractivity contribution in [2.24, 2.45) is 0 Å². The molecular weight excluding hydrogens is 172 g/mol. The quantitative estimate of drug-likeness (QED) is 0.339. The summed E-state index contributed by atoms with van der Waals surface area (Å²) < 4.78 is 0. The fourth-order valence-electron chi connectivity index (χ4n) is 1.02. The van der Waals surface area contributed by atoms with E-state index in [1.54, 1.807) is 0 Å². The topological polar surface area (TPSA) is 64.4 Å². The van der Waals surface area contributed by atoms with Crippen LogP contribution in [-0.2, 0) is 4.84 Å². The van der Waals surface area contributed by atoms with Gasteiger partial charge in [0, 0.05) is 0 Å². The molecule has 0 aliphatic carbocycles. The third-order valence-electron chi connectivity index (χ3n) is 1.69.